The molecule has 0 fully saturated rings. The lowest BCUT2D eigenvalue weighted by Crippen LogP contribution is -2.44. The van der Waals surface area contributed by atoms with Gasteiger partial charge in [0.15, 0.2) is 0 Å². The van der Waals surface area contributed by atoms with Crippen LogP contribution in [0.1, 0.15) is 5.56 Å². The Balaban J connectivity index is 2.82. The van der Waals surface area contributed by atoms with Crippen molar-refractivity contribution in [1.82, 2.24) is 5.32 Å². The number of aliphatic hydroxyl groups excluding tert-OH is 1. The van der Waals surface area contributed by atoms with Gasteiger partial charge in [0.2, 0.25) is 5.91 Å². The van der Waals surface area contributed by atoms with Crippen molar-refractivity contribution in [3.05, 3.63) is 34.9 Å². The van der Waals surface area contributed by atoms with Gasteiger partial charge in [-0.1, -0.05) is 29.8 Å². The van der Waals surface area contributed by atoms with E-state index in [4.69, 9.17) is 16.7 Å². The lowest BCUT2D eigenvalue weighted by molar-refractivity contribution is -0.145. The standard InChI is InChI=1S/C12H14ClNO4/c1-18-12(17)10(14-11(16)7-15)6-8-4-2-3-5-9(8)13/h2-5,10,15H,6-7H2,1H3,(H,14,16)/t10-/m0/s1. The van der Waals surface area contributed by atoms with Crippen molar-refractivity contribution < 1.29 is 19.4 Å². The molecule has 18 heavy (non-hydrogen) atoms. The number of esters is 1. The zero-order valence-electron chi connectivity index (χ0n) is 9.85. The molecular weight excluding hydrogens is 258 g/mol. The maximum Gasteiger partial charge on any atom is 0.328 e. The summed E-state index contributed by atoms with van der Waals surface area (Å²) in [5.41, 5.74) is 0.716. The lowest BCUT2D eigenvalue weighted by Gasteiger charge is -2.16. The van der Waals surface area contributed by atoms with Crippen LogP contribution in [0, 0.1) is 0 Å². The molecule has 0 heterocycles. The smallest absolute Gasteiger partial charge is 0.328 e. The number of aliphatic hydroxyl groups is 1. The summed E-state index contributed by atoms with van der Waals surface area (Å²) in [6.45, 7) is -0.685. The number of carbonyl (C=O) groups is 2. The highest BCUT2D eigenvalue weighted by atomic mass is 35.5. The first-order valence-electron chi connectivity index (χ1n) is 5.30. The maximum absolute atomic E-state index is 11.5. The number of ether oxygens (including phenoxy) is 1. The molecule has 1 rings (SSSR count). The number of carbonyl (C=O) groups excluding carboxylic acids is 2. The quantitative estimate of drug-likeness (QED) is 0.766. The molecule has 0 unspecified atom stereocenters. The summed E-state index contributed by atoms with van der Waals surface area (Å²) in [7, 11) is 1.23. The number of rotatable bonds is 5. The van der Waals surface area contributed by atoms with Crippen LogP contribution in [-0.4, -0.2) is 36.7 Å². The number of hydrogen-bond acceptors (Lipinski definition) is 4. The molecule has 98 valence electrons. The van der Waals surface area contributed by atoms with Crippen LogP contribution in [0.15, 0.2) is 24.3 Å². The fraction of sp³-hybridized carbons (Fsp3) is 0.333. The Morgan fingerprint density at radius 1 is 1.44 bits per heavy atom. The van der Waals surface area contributed by atoms with Crippen LogP contribution in [0.3, 0.4) is 0 Å². The van der Waals surface area contributed by atoms with Gasteiger partial charge in [0.25, 0.3) is 0 Å². The van der Waals surface area contributed by atoms with E-state index < -0.39 is 24.5 Å². The molecule has 0 aliphatic rings. The molecule has 0 aliphatic heterocycles. The number of benzene rings is 1. The second-order valence-electron chi connectivity index (χ2n) is 3.60. The maximum atomic E-state index is 11.5. The Bertz CT molecular complexity index is 436. The van der Waals surface area contributed by atoms with Gasteiger partial charge in [0.05, 0.1) is 7.11 Å². The lowest BCUT2D eigenvalue weighted by atomic mass is 10.1. The molecule has 0 aromatic heterocycles. The highest BCUT2D eigenvalue weighted by molar-refractivity contribution is 6.31. The van der Waals surface area contributed by atoms with E-state index in [1.807, 2.05) is 0 Å². The summed E-state index contributed by atoms with van der Waals surface area (Å²) in [5, 5.41) is 11.5. The largest absolute Gasteiger partial charge is 0.467 e. The van der Waals surface area contributed by atoms with Crippen LogP contribution in [-0.2, 0) is 20.7 Å². The van der Waals surface area contributed by atoms with Crippen LogP contribution in [0.4, 0.5) is 0 Å². The van der Waals surface area contributed by atoms with E-state index in [2.05, 4.69) is 10.1 Å². The molecule has 1 atom stereocenters. The Hall–Kier alpha value is -1.59. The molecule has 5 nitrogen and oxygen atoms in total. The van der Waals surface area contributed by atoms with E-state index in [0.29, 0.717) is 10.6 Å². The molecule has 0 spiro atoms. The third-order valence-corrected chi connectivity index (χ3v) is 2.72. The van der Waals surface area contributed by atoms with E-state index in [9.17, 15) is 9.59 Å². The van der Waals surface area contributed by atoms with E-state index in [-0.39, 0.29) is 6.42 Å². The highest BCUT2D eigenvalue weighted by Gasteiger charge is 2.22. The van der Waals surface area contributed by atoms with Gasteiger partial charge in [0.1, 0.15) is 12.6 Å². The van der Waals surface area contributed by atoms with E-state index in [1.165, 1.54) is 7.11 Å². The summed E-state index contributed by atoms with van der Waals surface area (Å²) in [6.07, 6.45) is 0.206. The van der Waals surface area contributed by atoms with Gasteiger partial charge in [-0.15, -0.1) is 0 Å². The molecule has 0 aliphatic carbocycles. The number of hydrogen-bond donors (Lipinski definition) is 2. The molecular formula is C12H14ClNO4. The average molecular weight is 272 g/mol. The van der Waals surface area contributed by atoms with Gasteiger partial charge in [-0.3, -0.25) is 4.79 Å². The Morgan fingerprint density at radius 2 is 2.11 bits per heavy atom. The average Bonchev–Trinajstić information content (AvgIpc) is 2.39. The first-order valence-corrected chi connectivity index (χ1v) is 5.67. The third-order valence-electron chi connectivity index (χ3n) is 2.35. The van der Waals surface area contributed by atoms with Gasteiger partial charge in [-0.05, 0) is 11.6 Å². The summed E-state index contributed by atoms with van der Waals surface area (Å²) in [6, 6.07) is 6.13. The second kappa shape index (κ2) is 6.98. The molecule has 2 N–H and O–H groups in total. The van der Waals surface area contributed by atoms with E-state index >= 15 is 0 Å². The molecule has 0 saturated carbocycles. The van der Waals surface area contributed by atoms with Crippen LogP contribution >= 0.6 is 11.6 Å². The predicted molar refractivity (Wildman–Crippen MR) is 66.2 cm³/mol. The number of halogens is 1. The van der Waals surface area contributed by atoms with E-state index in [1.54, 1.807) is 24.3 Å². The Labute approximate surface area is 110 Å². The van der Waals surface area contributed by atoms with Gasteiger partial charge in [0, 0.05) is 11.4 Å². The molecule has 1 amide bonds. The van der Waals surface area contributed by atoms with Gasteiger partial charge < -0.3 is 15.2 Å². The molecule has 6 heteroatoms. The van der Waals surface area contributed by atoms with E-state index in [0.717, 1.165) is 0 Å². The minimum absolute atomic E-state index is 0.206. The van der Waals surface area contributed by atoms with Crippen molar-refractivity contribution >= 4 is 23.5 Å². The second-order valence-corrected chi connectivity index (χ2v) is 4.00. The Kier molecular flexibility index (Phi) is 5.61. The monoisotopic (exact) mass is 271 g/mol. The zero-order valence-corrected chi connectivity index (χ0v) is 10.6. The van der Waals surface area contributed by atoms with Crippen LogP contribution < -0.4 is 5.32 Å². The van der Waals surface area contributed by atoms with Crippen molar-refractivity contribution in [1.29, 1.82) is 0 Å². The van der Waals surface area contributed by atoms with Crippen molar-refractivity contribution in [2.75, 3.05) is 13.7 Å². The zero-order chi connectivity index (χ0) is 13.5. The summed E-state index contributed by atoms with van der Waals surface area (Å²) < 4.78 is 4.59. The van der Waals surface area contributed by atoms with Crippen molar-refractivity contribution in [3.8, 4) is 0 Å². The Morgan fingerprint density at radius 3 is 2.67 bits per heavy atom. The van der Waals surface area contributed by atoms with Crippen LogP contribution in [0.25, 0.3) is 0 Å². The van der Waals surface area contributed by atoms with Crippen molar-refractivity contribution in [2.24, 2.45) is 0 Å². The van der Waals surface area contributed by atoms with Crippen molar-refractivity contribution in [2.45, 2.75) is 12.5 Å². The van der Waals surface area contributed by atoms with Crippen LogP contribution in [0.5, 0.6) is 0 Å². The first kappa shape index (κ1) is 14.5. The number of nitrogens with one attached hydrogen (secondary N) is 1. The molecule has 1 aromatic carbocycles. The third kappa shape index (κ3) is 4.01. The number of amides is 1. The minimum atomic E-state index is -0.866. The fourth-order valence-electron chi connectivity index (χ4n) is 1.46. The summed E-state index contributed by atoms with van der Waals surface area (Å²) in [4.78, 5) is 22.6. The molecule has 0 bridgehead atoms. The highest BCUT2D eigenvalue weighted by Crippen LogP contribution is 2.17. The molecule has 1 aromatic rings. The topological polar surface area (TPSA) is 75.6 Å². The fourth-order valence-corrected chi connectivity index (χ4v) is 1.67. The van der Waals surface area contributed by atoms with Crippen LogP contribution in [0.2, 0.25) is 5.02 Å². The SMILES string of the molecule is COC(=O)[C@H](Cc1ccccc1Cl)NC(=O)CO. The molecule has 0 saturated heterocycles. The first-order chi connectivity index (χ1) is 8.58. The van der Waals surface area contributed by atoms with Crippen molar-refractivity contribution in [3.63, 3.8) is 0 Å². The molecule has 0 radical (unpaired) electrons. The normalized spacial score (nSPS) is 11.7. The van der Waals surface area contributed by atoms with Gasteiger partial charge in [-0.25, -0.2) is 4.79 Å². The van der Waals surface area contributed by atoms with Gasteiger partial charge in [-0.2, -0.15) is 0 Å². The number of methoxy groups -OCH3 is 1. The summed E-state index contributed by atoms with van der Waals surface area (Å²) in [5.74, 6) is -1.23. The van der Waals surface area contributed by atoms with Gasteiger partial charge >= 0.3 is 5.97 Å². The summed E-state index contributed by atoms with van der Waals surface area (Å²) >= 11 is 5.97. The minimum Gasteiger partial charge on any atom is -0.467 e. The predicted octanol–water partition coefficient (Wildman–Crippen LogP) is 0.533.